The van der Waals surface area contributed by atoms with Crippen molar-refractivity contribution in [3.05, 3.63) is 41.5 Å². The molecule has 0 fully saturated rings. The molecule has 8 heteroatoms. The lowest BCUT2D eigenvalue weighted by molar-refractivity contribution is 0.0954. The molecule has 0 unspecified atom stereocenters. The molecular weight excluding hydrogens is 304 g/mol. The van der Waals surface area contributed by atoms with Gasteiger partial charge in [-0.1, -0.05) is 0 Å². The Labute approximate surface area is 130 Å². The van der Waals surface area contributed by atoms with Crippen LogP contribution in [0.2, 0.25) is 0 Å². The summed E-state index contributed by atoms with van der Waals surface area (Å²) < 4.78 is 4.90. The molecule has 0 aromatic heterocycles. The molecule has 0 spiro atoms. The number of amides is 1. The van der Waals surface area contributed by atoms with E-state index in [1.165, 1.54) is 25.5 Å². The maximum Gasteiger partial charge on any atom is 0.271 e. The zero-order chi connectivity index (χ0) is 17.0. The van der Waals surface area contributed by atoms with E-state index in [0.29, 0.717) is 11.3 Å². The number of phenolic OH excluding ortho intramolecular Hbond substituents is 4. The number of rotatable bonds is 4. The Morgan fingerprint density at radius 3 is 2.30 bits per heavy atom. The maximum absolute atomic E-state index is 11.8. The van der Waals surface area contributed by atoms with E-state index in [-0.39, 0.29) is 11.3 Å². The SMILES string of the molecule is COc1ccc(/C=N\NC(=O)c2cc(O)c(O)c(O)c2)cc1O. The highest BCUT2D eigenvalue weighted by Gasteiger charge is 2.12. The van der Waals surface area contributed by atoms with Gasteiger partial charge in [0, 0.05) is 5.56 Å². The van der Waals surface area contributed by atoms with Crippen LogP contribution < -0.4 is 10.2 Å². The van der Waals surface area contributed by atoms with Crippen molar-refractivity contribution in [1.29, 1.82) is 0 Å². The van der Waals surface area contributed by atoms with E-state index in [9.17, 15) is 25.2 Å². The zero-order valence-corrected chi connectivity index (χ0v) is 12.0. The lowest BCUT2D eigenvalue weighted by atomic mass is 10.2. The Balaban J connectivity index is 2.08. The van der Waals surface area contributed by atoms with E-state index in [1.807, 2.05) is 0 Å². The van der Waals surface area contributed by atoms with Gasteiger partial charge in [-0.25, -0.2) is 5.43 Å². The number of carbonyl (C=O) groups is 1. The zero-order valence-electron chi connectivity index (χ0n) is 12.0. The molecule has 120 valence electrons. The molecule has 2 rings (SSSR count). The predicted molar refractivity (Wildman–Crippen MR) is 81.2 cm³/mol. The molecule has 0 radical (unpaired) electrons. The van der Waals surface area contributed by atoms with Gasteiger partial charge < -0.3 is 25.2 Å². The van der Waals surface area contributed by atoms with Crippen LogP contribution in [-0.2, 0) is 0 Å². The van der Waals surface area contributed by atoms with Crippen molar-refractivity contribution in [2.24, 2.45) is 5.10 Å². The van der Waals surface area contributed by atoms with Crippen molar-refractivity contribution < 1.29 is 30.0 Å². The fraction of sp³-hybridized carbons (Fsp3) is 0.0667. The van der Waals surface area contributed by atoms with E-state index in [1.54, 1.807) is 6.07 Å². The first kappa shape index (κ1) is 16.0. The minimum absolute atomic E-state index is 0.0730. The highest BCUT2D eigenvalue weighted by Crippen LogP contribution is 2.35. The Bertz CT molecular complexity index is 750. The van der Waals surface area contributed by atoms with Crippen molar-refractivity contribution in [2.45, 2.75) is 0 Å². The van der Waals surface area contributed by atoms with Gasteiger partial charge >= 0.3 is 0 Å². The monoisotopic (exact) mass is 318 g/mol. The van der Waals surface area contributed by atoms with Gasteiger partial charge in [0.15, 0.2) is 28.7 Å². The Kier molecular flexibility index (Phi) is 4.55. The first-order chi connectivity index (χ1) is 10.9. The summed E-state index contributed by atoms with van der Waals surface area (Å²) in [6.45, 7) is 0. The van der Waals surface area contributed by atoms with Gasteiger partial charge in [0.1, 0.15) is 0 Å². The quantitative estimate of drug-likeness (QED) is 0.328. The largest absolute Gasteiger partial charge is 0.504 e. The maximum atomic E-state index is 11.8. The number of phenols is 4. The summed E-state index contributed by atoms with van der Waals surface area (Å²) in [7, 11) is 1.42. The number of aromatic hydroxyl groups is 4. The molecule has 23 heavy (non-hydrogen) atoms. The molecule has 2 aromatic rings. The van der Waals surface area contributed by atoms with E-state index < -0.39 is 23.2 Å². The fourth-order valence-electron chi connectivity index (χ4n) is 1.75. The van der Waals surface area contributed by atoms with Gasteiger partial charge in [-0.05, 0) is 35.9 Å². The molecule has 0 aliphatic rings. The van der Waals surface area contributed by atoms with Crippen molar-refractivity contribution in [1.82, 2.24) is 5.43 Å². The van der Waals surface area contributed by atoms with Gasteiger partial charge in [0.2, 0.25) is 0 Å². The Morgan fingerprint density at radius 1 is 1.09 bits per heavy atom. The first-order valence-corrected chi connectivity index (χ1v) is 6.37. The number of hydrogen-bond acceptors (Lipinski definition) is 7. The van der Waals surface area contributed by atoms with E-state index >= 15 is 0 Å². The van der Waals surface area contributed by atoms with E-state index in [2.05, 4.69) is 10.5 Å². The molecule has 1 amide bonds. The number of carbonyl (C=O) groups excluding carboxylic acids is 1. The predicted octanol–water partition coefficient (Wildman–Crippen LogP) is 1.28. The highest BCUT2D eigenvalue weighted by atomic mass is 16.5. The summed E-state index contributed by atoms with van der Waals surface area (Å²) in [5, 5.41) is 41.2. The molecule has 8 nitrogen and oxygen atoms in total. The third-order valence-corrected chi connectivity index (χ3v) is 2.91. The fourth-order valence-corrected chi connectivity index (χ4v) is 1.75. The summed E-state index contributed by atoms with van der Waals surface area (Å²) in [6, 6.07) is 6.52. The topological polar surface area (TPSA) is 132 Å². The van der Waals surface area contributed by atoms with E-state index in [4.69, 9.17) is 4.74 Å². The van der Waals surface area contributed by atoms with Crippen LogP contribution in [0, 0.1) is 0 Å². The number of ether oxygens (including phenoxy) is 1. The second-order valence-electron chi connectivity index (χ2n) is 4.49. The number of hydrogen-bond donors (Lipinski definition) is 5. The number of nitrogens with zero attached hydrogens (tertiary/aromatic N) is 1. The Hall–Kier alpha value is -3.42. The average molecular weight is 318 g/mol. The van der Waals surface area contributed by atoms with Crippen molar-refractivity contribution in [3.63, 3.8) is 0 Å². The van der Waals surface area contributed by atoms with Gasteiger partial charge in [-0.3, -0.25) is 4.79 Å². The van der Waals surface area contributed by atoms with Crippen LogP contribution in [0.3, 0.4) is 0 Å². The minimum atomic E-state index is -0.709. The molecule has 0 atom stereocenters. The molecule has 0 aliphatic heterocycles. The van der Waals surface area contributed by atoms with Crippen LogP contribution in [0.15, 0.2) is 35.4 Å². The summed E-state index contributed by atoms with van der Waals surface area (Å²) in [6.07, 6.45) is 1.29. The van der Waals surface area contributed by atoms with Crippen molar-refractivity contribution >= 4 is 12.1 Å². The van der Waals surface area contributed by atoms with E-state index in [0.717, 1.165) is 12.1 Å². The van der Waals surface area contributed by atoms with Crippen LogP contribution in [0.25, 0.3) is 0 Å². The molecule has 2 aromatic carbocycles. The average Bonchev–Trinajstić information content (AvgIpc) is 2.52. The second-order valence-corrected chi connectivity index (χ2v) is 4.49. The standard InChI is InChI=1S/C15H14N2O6/c1-23-13-3-2-8(4-10(13)18)7-16-17-15(22)9-5-11(19)14(21)12(20)6-9/h2-7,18-21H,1H3,(H,17,22)/b16-7-. The smallest absolute Gasteiger partial charge is 0.271 e. The van der Waals surface area contributed by atoms with Gasteiger partial charge in [0.25, 0.3) is 5.91 Å². The summed E-state index contributed by atoms with van der Waals surface area (Å²) >= 11 is 0. The summed E-state index contributed by atoms with van der Waals surface area (Å²) in [5.41, 5.74) is 2.61. The number of nitrogens with one attached hydrogen (secondary N) is 1. The van der Waals surface area contributed by atoms with Crippen LogP contribution in [-0.4, -0.2) is 39.7 Å². The molecule has 5 N–H and O–H groups in total. The Morgan fingerprint density at radius 2 is 1.74 bits per heavy atom. The lowest BCUT2D eigenvalue weighted by Gasteiger charge is -2.05. The van der Waals surface area contributed by atoms with Gasteiger partial charge in [0.05, 0.1) is 13.3 Å². The molecular formula is C15H14N2O6. The number of hydrazone groups is 1. The molecule has 0 saturated heterocycles. The van der Waals surface area contributed by atoms with Crippen molar-refractivity contribution in [3.8, 4) is 28.7 Å². The number of benzene rings is 2. The molecule has 0 heterocycles. The van der Waals surface area contributed by atoms with Gasteiger partial charge in [-0.2, -0.15) is 5.10 Å². The summed E-state index contributed by atoms with van der Waals surface area (Å²) in [5.74, 6) is -2.43. The van der Waals surface area contributed by atoms with Crippen LogP contribution in [0.1, 0.15) is 15.9 Å². The molecule has 0 bridgehead atoms. The third-order valence-electron chi connectivity index (χ3n) is 2.91. The minimum Gasteiger partial charge on any atom is -0.504 e. The first-order valence-electron chi connectivity index (χ1n) is 6.37. The lowest BCUT2D eigenvalue weighted by Crippen LogP contribution is -2.17. The highest BCUT2D eigenvalue weighted by molar-refractivity contribution is 5.96. The van der Waals surface area contributed by atoms with Crippen LogP contribution >= 0.6 is 0 Å². The van der Waals surface area contributed by atoms with Gasteiger partial charge in [-0.15, -0.1) is 0 Å². The third kappa shape index (κ3) is 3.62. The number of methoxy groups -OCH3 is 1. The normalized spacial score (nSPS) is 10.7. The molecule has 0 saturated carbocycles. The molecule has 0 aliphatic carbocycles. The van der Waals surface area contributed by atoms with Crippen LogP contribution in [0.4, 0.5) is 0 Å². The summed E-state index contributed by atoms with van der Waals surface area (Å²) in [4.78, 5) is 11.8. The van der Waals surface area contributed by atoms with Crippen LogP contribution in [0.5, 0.6) is 28.7 Å². The second kappa shape index (κ2) is 6.56. The van der Waals surface area contributed by atoms with Crippen molar-refractivity contribution in [2.75, 3.05) is 7.11 Å².